The van der Waals surface area contributed by atoms with E-state index in [0.29, 0.717) is 11.3 Å². The van der Waals surface area contributed by atoms with E-state index in [9.17, 15) is 39.6 Å². The second-order valence-electron chi connectivity index (χ2n) is 10.2. The molecule has 0 aliphatic heterocycles. The highest BCUT2D eigenvalue weighted by molar-refractivity contribution is 6.25. The summed E-state index contributed by atoms with van der Waals surface area (Å²) in [6.45, 7) is 0. The van der Waals surface area contributed by atoms with Gasteiger partial charge in [-0.05, 0) is 44.5 Å². The van der Waals surface area contributed by atoms with Crippen LogP contribution in [0.1, 0.15) is 27.9 Å². The van der Waals surface area contributed by atoms with Crippen molar-refractivity contribution in [2.45, 2.75) is 24.5 Å². The number of anilines is 1. The molecule has 3 aliphatic carbocycles. The molecule has 0 saturated carbocycles. The number of ether oxygens (including phenoxy) is 1. The molecule has 12 heteroatoms. The maximum atomic E-state index is 13.9. The van der Waals surface area contributed by atoms with Crippen LogP contribution in [-0.4, -0.2) is 95.7 Å². The molecule has 1 aromatic carbocycles. The standard InChI is InChI=1S/C27H29N3O9/c1-29(2)15-10-11(6-7-16(31)39-5)21(32)18-13(15)8-12-9-14-20(30(3)4)23(34)19(26(28)37)25(36)27(14,38)24(35)17(12)22(18)33/h10,12,14,20,32,34-35,38H,8-9H2,1-5H3,(H2,28,37)/t12-,14-,20?,27-/m1/s1. The highest BCUT2D eigenvalue weighted by Crippen LogP contribution is 2.53. The molecule has 0 spiro atoms. The van der Waals surface area contributed by atoms with Crippen LogP contribution in [-0.2, 0) is 25.5 Å². The van der Waals surface area contributed by atoms with Gasteiger partial charge in [-0.15, -0.1) is 0 Å². The van der Waals surface area contributed by atoms with Gasteiger partial charge in [-0.3, -0.25) is 19.3 Å². The first kappa shape index (κ1) is 27.7. The number of carbonyl (C=O) groups excluding carboxylic acids is 4. The van der Waals surface area contributed by atoms with Crippen molar-refractivity contribution >= 4 is 29.1 Å². The second kappa shape index (κ2) is 9.44. The Morgan fingerprint density at radius 3 is 2.33 bits per heavy atom. The molecule has 6 N–H and O–H groups in total. The number of benzene rings is 1. The number of nitrogens with two attached hydrogens (primary N) is 1. The normalized spacial score (nSPS) is 25.9. The number of Topliss-reactive ketones (excluding diaryl/α,β-unsaturated/α-hetero) is 2. The number of carbonyl (C=O) groups is 4. The molecule has 206 valence electrons. The second-order valence-corrected chi connectivity index (χ2v) is 10.2. The number of aliphatic hydroxyl groups excluding tert-OH is 2. The molecule has 1 amide bonds. The van der Waals surface area contributed by atoms with Crippen LogP contribution in [0.25, 0.3) is 0 Å². The zero-order valence-corrected chi connectivity index (χ0v) is 22.0. The summed E-state index contributed by atoms with van der Waals surface area (Å²) in [5, 5.41) is 45.0. The zero-order chi connectivity index (χ0) is 29.1. The minimum absolute atomic E-state index is 0.0245. The lowest BCUT2D eigenvalue weighted by Gasteiger charge is -2.50. The number of amides is 1. The van der Waals surface area contributed by atoms with Gasteiger partial charge in [0.25, 0.3) is 5.91 Å². The number of ketones is 2. The number of allylic oxidation sites excluding steroid dienone is 1. The van der Waals surface area contributed by atoms with Crippen LogP contribution in [0.2, 0.25) is 0 Å². The lowest BCUT2D eigenvalue weighted by atomic mass is 9.58. The van der Waals surface area contributed by atoms with E-state index in [2.05, 4.69) is 16.6 Å². The minimum Gasteiger partial charge on any atom is -0.510 e. The van der Waals surface area contributed by atoms with Crippen LogP contribution in [0.3, 0.4) is 0 Å². The van der Waals surface area contributed by atoms with E-state index in [-0.39, 0.29) is 29.5 Å². The van der Waals surface area contributed by atoms with Gasteiger partial charge in [0.2, 0.25) is 5.78 Å². The number of likely N-dealkylation sites (N-methyl/N-ethyl adjacent to an activating group) is 1. The summed E-state index contributed by atoms with van der Waals surface area (Å²) in [5.41, 5.74) is 2.18. The van der Waals surface area contributed by atoms with Gasteiger partial charge in [0.15, 0.2) is 11.4 Å². The first-order chi connectivity index (χ1) is 18.2. The Hall–Kier alpha value is -4.34. The number of rotatable bonds is 3. The van der Waals surface area contributed by atoms with Crippen LogP contribution in [0.15, 0.2) is 28.7 Å². The number of aromatic hydroxyl groups is 1. The molecule has 0 bridgehead atoms. The molecule has 0 aromatic heterocycles. The molecular weight excluding hydrogens is 510 g/mol. The third-order valence-corrected chi connectivity index (χ3v) is 7.67. The molecule has 1 aromatic rings. The van der Waals surface area contributed by atoms with Crippen LogP contribution < -0.4 is 10.6 Å². The van der Waals surface area contributed by atoms with E-state index in [1.54, 1.807) is 33.1 Å². The molecule has 0 heterocycles. The number of phenolic OH excluding ortho intramolecular Hbond substituents is 1. The Labute approximate surface area is 223 Å². The van der Waals surface area contributed by atoms with Gasteiger partial charge >= 0.3 is 5.97 Å². The van der Waals surface area contributed by atoms with Gasteiger partial charge in [-0.2, -0.15) is 0 Å². The van der Waals surface area contributed by atoms with E-state index in [1.165, 1.54) is 11.0 Å². The van der Waals surface area contributed by atoms with Crippen molar-refractivity contribution in [1.82, 2.24) is 4.90 Å². The Morgan fingerprint density at radius 2 is 1.79 bits per heavy atom. The summed E-state index contributed by atoms with van der Waals surface area (Å²) < 4.78 is 4.51. The number of esters is 1. The summed E-state index contributed by atoms with van der Waals surface area (Å²) >= 11 is 0. The maximum Gasteiger partial charge on any atom is 0.384 e. The van der Waals surface area contributed by atoms with Crippen LogP contribution in [0.5, 0.6) is 5.75 Å². The average molecular weight is 540 g/mol. The van der Waals surface area contributed by atoms with Crippen LogP contribution in [0, 0.1) is 23.7 Å². The summed E-state index contributed by atoms with van der Waals surface area (Å²) in [6, 6.07) is 0.444. The van der Waals surface area contributed by atoms with Gasteiger partial charge in [0.05, 0.1) is 24.3 Å². The van der Waals surface area contributed by atoms with Crippen molar-refractivity contribution in [3.8, 4) is 17.6 Å². The van der Waals surface area contributed by atoms with E-state index in [0.717, 1.165) is 7.11 Å². The summed E-state index contributed by atoms with van der Waals surface area (Å²) in [6.07, 6.45) is 0.101. The SMILES string of the molecule is COC(=O)C#Cc1cc(N(C)C)c2c(c1O)C(=O)C1=C(O)[C@@]3(O)C(=O)C(C(N)=O)=C(O)C(N(C)C)[C@H]3C[C@H]1C2. The fraction of sp³-hybridized carbons (Fsp3) is 0.407. The van der Waals surface area contributed by atoms with E-state index in [1.807, 2.05) is 0 Å². The van der Waals surface area contributed by atoms with Crippen molar-refractivity contribution in [2.75, 3.05) is 40.2 Å². The number of phenols is 1. The van der Waals surface area contributed by atoms with Crippen molar-refractivity contribution in [3.63, 3.8) is 0 Å². The first-order valence-corrected chi connectivity index (χ1v) is 12.0. The van der Waals surface area contributed by atoms with E-state index < -0.39 is 69.8 Å². The fourth-order valence-corrected chi connectivity index (χ4v) is 5.96. The highest BCUT2D eigenvalue weighted by atomic mass is 16.5. The molecule has 0 fully saturated rings. The molecule has 0 saturated heterocycles. The molecule has 1 unspecified atom stereocenters. The van der Waals surface area contributed by atoms with Crippen molar-refractivity contribution < 1.29 is 44.3 Å². The Kier molecular flexibility index (Phi) is 6.70. The molecule has 0 radical (unpaired) electrons. The van der Waals surface area contributed by atoms with Crippen molar-refractivity contribution in [2.24, 2.45) is 17.6 Å². The molecule has 12 nitrogen and oxygen atoms in total. The smallest absolute Gasteiger partial charge is 0.384 e. The largest absolute Gasteiger partial charge is 0.510 e. The van der Waals surface area contributed by atoms with Gasteiger partial charge in [-0.1, -0.05) is 5.92 Å². The number of nitrogens with zero attached hydrogens (tertiary/aromatic N) is 2. The van der Waals surface area contributed by atoms with E-state index in [4.69, 9.17) is 5.73 Å². The Balaban J connectivity index is 1.98. The molecule has 4 rings (SSSR count). The summed E-state index contributed by atoms with van der Waals surface area (Å²) in [5.74, 6) is -3.58. The number of fused-ring (bicyclic) bond motifs is 3. The highest BCUT2D eigenvalue weighted by Gasteiger charge is 2.63. The van der Waals surface area contributed by atoms with Crippen LogP contribution in [0.4, 0.5) is 5.69 Å². The third-order valence-electron chi connectivity index (χ3n) is 7.67. The average Bonchev–Trinajstić information content (AvgIpc) is 2.84. The molecule has 4 atom stereocenters. The molecular formula is C27H29N3O9. The Bertz CT molecular complexity index is 1460. The maximum absolute atomic E-state index is 13.9. The summed E-state index contributed by atoms with van der Waals surface area (Å²) in [7, 11) is 7.69. The van der Waals surface area contributed by atoms with Gasteiger partial charge < -0.3 is 35.8 Å². The van der Waals surface area contributed by atoms with Gasteiger partial charge in [0.1, 0.15) is 22.8 Å². The zero-order valence-electron chi connectivity index (χ0n) is 22.0. The molecule has 3 aliphatic rings. The Morgan fingerprint density at radius 1 is 1.15 bits per heavy atom. The van der Waals surface area contributed by atoms with Crippen molar-refractivity contribution in [3.05, 3.63) is 45.4 Å². The molecule has 39 heavy (non-hydrogen) atoms. The monoisotopic (exact) mass is 539 g/mol. The number of methoxy groups -OCH3 is 1. The van der Waals surface area contributed by atoms with Gasteiger partial charge in [-0.25, -0.2) is 4.79 Å². The lowest BCUT2D eigenvalue weighted by Crippen LogP contribution is -2.63. The summed E-state index contributed by atoms with van der Waals surface area (Å²) in [4.78, 5) is 54.1. The lowest BCUT2D eigenvalue weighted by molar-refractivity contribution is -0.148. The number of primary amides is 1. The van der Waals surface area contributed by atoms with Crippen LogP contribution >= 0.6 is 0 Å². The topological polar surface area (TPSA) is 191 Å². The van der Waals surface area contributed by atoms with Crippen molar-refractivity contribution in [1.29, 1.82) is 0 Å². The number of hydrogen-bond acceptors (Lipinski definition) is 11. The number of aliphatic hydroxyl groups is 3. The van der Waals surface area contributed by atoms with E-state index >= 15 is 0 Å². The first-order valence-electron chi connectivity index (χ1n) is 12.0. The minimum atomic E-state index is -2.73. The van der Waals surface area contributed by atoms with Gasteiger partial charge in [0, 0.05) is 37.2 Å². The predicted octanol–water partition coefficient (Wildman–Crippen LogP) is -0.289. The fourth-order valence-electron chi connectivity index (χ4n) is 5.96. The third kappa shape index (κ3) is 3.93. The number of hydrogen-bond donors (Lipinski definition) is 5. The predicted molar refractivity (Wildman–Crippen MR) is 137 cm³/mol. The quantitative estimate of drug-likeness (QED) is 0.193.